The third-order valence-electron chi connectivity index (χ3n) is 2.52. The summed E-state index contributed by atoms with van der Waals surface area (Å²) in [4.78, 5) is 24.4. The summed E-state index contributed by atoms with van der Waals surface area (Å²) < 4.78 is 0.829. The lowest BCUT2D eigenvalue weighted by Crippen LogP contribution is -2.38. The number of hydrogen-bond acceptors (Lipinski definition) is 2. The van der Waals surface area contributed by atoms with Crippen LogP contribution in [0.4, 0.5) is 0 Å². The fourth-order valence-corrected chi connectivity index (χ4v) is 2.00. The van der Waals surface area contributed by atoms with Crippen LogP contribution in [0.3, 0.4) is 0 Å². The molecule has 5 heteroatoms. The predicted molar refractivity (Wildman–Crippen MR) is 72.6 cm³/mol. The number of carbonyl (C=O) groups excluding carboxylic acids is 1. The maximum Gasteiger partial charge on any atom is 0.305 e. The van der Waals surface area contributed by atoms with E-state index in [-0.39, 0.29) is 24.9 Å². The van der Waals surface area contributed by atoms with Gasteiger partial charge in [0.1, 0.15) is 0 Å². The molecule has 1 N–H and O–H groups in total. The van der Waals surface area contributed by atoms with Crippen molar-refractivity contribution in [1.29, 1.82) is 0 Å². The van der Waals surface area contributed by atoms with E-state index in [0.717, 1.165) is 4.47 Å². The highest BCUT2D eigenvalue weighted by Crippen LogP contribution is 2.15. The molecule has 0 unspecified atom stereocenters. The summed E-state index contributed by atoms with van der Waals surface area (Å²) in [5.41, 5.74) is 0.559. The third-order valence-corrected chi connectivity index (χ3v) is 3.02. The van der Waals surface area contributed by atoms with E-state index < -0.39 is 5.97 Å². The van der Waals surface area contributed by atoms with Crippen molar-refractivity contribution in [1.82, 2.24) is 4.90 Å². The first-order valence-corrected chi connectivity index (χ1v) is 6.49. The molecule has 1 amide bonds. The van der Waals surface area contributed by atoms with Crippen molar-refractivity contribution >= 4 is 27.8 Å². The van der Waals surface area contributed by atoms with Crippen LogP contribution in [0.1, 0.15) is 30.6 Å². The van der Waals surface area contributed by atoms with Gasteiger partial charge in [-0.3, -0.25) is 9.59 Å². The molecule has 18 heavy (non-hydrogen) atoms. The van der Waals surface area contributed by atoms with Crippen molar-refractivity contribution in [2.24, 2.45) is 0 Å². The minimum Gasteiger partial charge on any atom is -0.481 e. The summed E-state index contributed by atoms with van der Waals surface area (Å²) in [5, 5.41) is 8.70. The number of amides is 1. The van der Waals surface area contributed by atoms with Gasteiger partial charge in [-0.05, 0) is 32.0 Å². The summed E-state index contributed by atoms with van der Waals surface area (Å²) in [5.74, 6) is -1.05. The van der Waals surface area contributed by atoms with Crippen LogP contribution in [0.15, 0.2) is 28.7 Å². The SMILES string of the molecule is CC(C)N(CCC(=O)O)C(=O)c1cccc(Br)c1. The molecule has 0 atom stereocenters. The number of nitrogens with zero attached hydrogens (tertiary/aromatic N) is 1. The van der Waals surface area contributed by atoms with Gasteiger partial charge in [-0.25, -0.2) is 0 Å². The average Bonchev–Trinajstić information content (AvgIpc) is 2.28. The molecule has 1 rings (SSSR count). The van der Waals surface area contributed by atoms with E-state index in [9.17, 15) is 9.59 Å². The highest BCUT2D eigenvalue weighted by atomic mass is 79.9. The molecule has 0 aromatic heterocycles. The largest absolute Gasteiger partial charge is 0.481 e. The minimum atomic E-state index is -0.900. The van der Waals surface area contributed by atoms with E-state index in [1.165, 1.54) is 0 Å². The normalized spacial score (nSPS) is 10.4. The van der Waals surface area contributed by atoms with Crippen LogP contribution in [-0.2, 0) is 4.79 Å². The Kier molecular flexibility index (Phi) is 5.34. The topological polar surface area (TPSA) is 57.6 Å². The number of carbonyl (C=O) groups is 2. The smallest absolute Gasteiger partial charge is 0.305 e. The molecule has 0 aliphatic carbocycles. The highest BCUT2D eigenvalue weighted by Gasteiger charge is 2.19. The van der Waals surface area contributed by atoms with Gasteiger partial charge < -0.3 is 10.0 Å². The minimum absolute atomic E-state index is 0.0316. The van der Waals surface area contributed by atoms with Gasteiger partial charge in [0, 0.05) is 22.6 Å². The molecule has 98 valence electrons. The van der Waals surface area contributed by atoms with E-state index in [1.807, 2.05) is 19.9 Å². The lowest BCUT2D eigenvalue weighted by Gasteiger charge is -2.26. The number of hydrogen-bond donors (Lipinski definition) is 1. The molecule has 4 nitrogen and oxygen atoms in total. The van der Waals surface area contributed by atoms with E-state index in [2.05, 4.69) is 15.9 Å². The molecule has 0 fully saturated rings. The molecule has 0 bridgehead atoms. The maximum absolute atomic E-state index is 12.3. The monoisotopic (exact) mass is 313 g/mol. The Balaban J connectivity index is 2.85. The van der Waals surface area contributed by atoms with Gasteiger partial charge >= 0.3 is 5.97 Å². The van der Waals surface area contributed by atoms with Crippen molar-refractivity contribution in [3.8, 4) is 0 Å². The van der Waals surface area contributed by atoms with Gasteiger partial charge in [-0.15, -0.1) is 0 Å². The molecule has 1 aromatic carbocycles. The standard InChI is InChI=1S/C13H16BrNO3/c1-9(2)15(7-6-12(16)17)13(18)10-4-3-5-11(14)8-10/h3-5,8-9H,6-7H2,1-2H3,(H,16,17). The predicted octanol–water partition coefficient (Wildman–Crippen LogP) is 2.77. The van der Waals surface area contributed by atoms with Crippen molar-refractivity contribution in [3.05, 3.63) is 34.3 Å². The lowest BCUT2D eigenvalue weighted by molar-refractivity contribution is -0.137. The number of halogens is 1. The summed E-state index contributed by atoms with van der Waals surface area (Å²) in [6.45, 7) is 3.97. The number of aliphatic carboxylic acids is 1. The van der Waals surface area contributed by atoms with Gasteiger partial charge in [0.25, 0.3) is 5.91 Å². The van der Waals surface area contributed by atoms with Crippen LogP contribution in [0.25, 0.3) is 0 Å². The molecular formula is C13H16BrNO3. The Bertz CT molecular complexity index is 446. The van der Waals surface area contributed by atoms with Gasteiger partial charge in [-0.2, -0.15) is 0 Å². The Morgan fingerprint density at radius 2 is 2.06 bits per heavy atom. The lowest BCUT2D eigenvalue weighted by atomic mass is 10.1. The Hall–Kier alpha value is -1.36. The Morgan fingerprint density at radius 3 is 2.56 bits per heavy atom. The zero-order chi connectivity index (χ0) is 13.7. The first-order valence-electron chi connectivity index (χ1n) is 5.70. The maximum atomic E-state index is 12.3. The quantitative estimate of drug-likeness (QED) is 0.909. The van der Waals surface area contributed by atoms with Gasteiger partial charge in [-0.1, -0.05) is 22.0 Å². The molecule has 0 aliphatic heterocycles. The molecule has 0 spiro atoms. The second kappa shape index (κ2) is 6.54. The van der Waals surface area contributed by atoms with Crippen LogP contribution in [0.2, 0.25) is 0 Å². The number of carboxylic acids is 1. The first-order chi connectivity index (χ1) is 8.41. The fourth-order valence-electron chi connectivity index (χ4n) is 1.60. The van der Waals surface area contributed by atoms with Crippen molar-refractivity contribution in [3.63, 3.8) is 0 Å². The van der Waals surface area contributed by atoms with Gasteiger partial charge in [0.05, 0.1) is 6.42 Å². The van der Waals surface area contributed by atoms with Crippen LogP contribution in [0, 0.1) is 0 Å². The molecule has 0 heterocycles. The average molecular weight is 314 g/mol. The van der Waals surface area contributed by atoms with Gasteiger partial charge in [0.15, 0.2) is 0 Å². The number of benzene rings is 1. The summed E-state index contributed by atoms with van der Waals surface area (Å²) in [6, 6.07) is 7.05. The number of rotatable bonds is 5. The Labute approximate surface area is 115 Å². The fraction of sp³-hybridized carbons (Fsp3) is 0.385. The zero-order valence-electron chi connectivity index (χ0n) is 10.4. The van der Waals surface area contributed by atoms with E-state index in [4.69, 9.17) is 5.11 Å². The number of carboxylic acid groups (broad SMARTS) is 1. The van der Waals surface area contributed by atoms with E-state index >= 15 is 0 Å². The van der Waals surface area contributed by atoms with Gasteiger partial charge in [0.2, 0.25) is 0 Å². The van der Waals surface area contributed by atoms with E-state index in [1.54, 1.807) is 23.1 Å². The summed E-state index contributed by atoms with van der Waals surface area (Å²) in [7, 11) is 0. The van der Waals surface area contributed by atoms with Crippen LogP contribution >= 0.6 is 15.9 Å². The molecule has 0 saturated carbocycles. The van der Waals surface area contributed by atoms with Crippen LogP contribution in [-0.4, -0.2) is 34.5 Å². The Morgan fingerprint density at radius 1 is 1.39 bits per heavy atom. The molecule has 0 radical (unpaired) electrons. The summed E-state index contributed by atoms with van der Waals surface area (Å²) in [6.07, 6.45) is -0.0437. The van der Waals surface area contributed by atoms with Crippen LogP contribution in [0.5, 0.6) is 0 Å². The highest BCUT2D eigenvalue weighted by molar-refractivity contribution is 9.10. The summed E-state index contributed by atoms with van der Waals surface area (Å²) >= 11 is 3.31. The first kappa shape index (κ1) is 14.7. The molecular weight excluding hydrogens is 298 g/mol. The van der Waals surface area contributed by atoms with Crippen molar-refractivity contribution in [2.75, 3.05) is 6.54 Å². The zero-order valence-corrected chi connectivity index (χ0v) is 12.0. The van der Waals surface area contributed by atoms with E-state index in [0.29, 0.717) is 5.56 Å². The van der Waals surface area contributed by atoms with Crippen LogP contribution < -0.4 is 0 Å². The third kappa shape index (κ3) is 4.14. The molecule has 0 aliphatic rings. The molecule has 1 aromatic rings. The van der Waals surface area contributed by atoms with Crippen molar-refractivity contribution in [2.45, 2.75) is 26.3 Å². The molecule has 0 saturated heterocycles. The second-order valence-corrected chi connectivity index (χ2v) is 5.16. The van der Waals surface area contributed by atoms with Crippen molar-refractivity contribution < 1.29 is 14.7 Å². The second-order valence-electron chi connectivity index (χ2n) is 4.25.